The van der Waals surface area contributed by atoms with E-state index >= 15 is 0 Å². The van der Waals surface area contributed by atoms with Gasteiger partial charge in [-0.2, -0.15) is 15.0 Å². The van der Waals surface area contributed by atoms with Gasteiger partial charge in [-0.3, -0.25) is 10.1 Å². The van der Waals surface area contributed by atoms with Crippen molar-refractivity contribution in [2.24, 2.45) is 0 Å². The minimum Gasteiger partial charge on any atom is -0.495 e. The monoisotopic (exact) mass is 536 g/mol. The normalized spacial score (nSPS) is 10.5. The Bertz CT molecular complexity index is 1680. The van der Waals surface area contributed by atoms with Crippen LogP contribution in [-0.4, -0.2) is 39.2 Å². The first-order valence-corrected chi connectivity index (χ1v) is 12.2. The largest absolute Gasteiger partial charge is 0.495 e. The second kappa shape index (κ2) is 11.8. The van der Waals surface area contributed by atoms with Crippen molar-refractivity contribution < 1.29 is 24.2 Å². The van der Waals surface area contributed by atoms with Gasteiger partial charge in [-0.05, 0) is 52.7 Å². The van der Waals surface area contributed by atoms with Gasteiger partial charge in [-0.1, -0.05) is 54.6 Å². The molecule has 1 aromatic heterocycles. The number of benzene rings is 4. The van der Waals surface area contributed by atoms with E-state index in [0.29, 0.717) is 28.4 Å². The minimum absolute atomic E-state index is 0.0529. The molecule has 4 aromatic carbocycles. The van der Waals surface area contributed by atoms with Gasteiger partial charge in [0, 0.05) is 5.69 Å². The number of carboxylic acid groups (broad SMARTS) is 1. The standard InChI is InChI=1S/C29H24N6O5/c1-39-24-9-5-4-8-23(24)31-28(38)33-27-32-26(30-21-13-10-18(11-14-21)16-25(36)37)34-29(35-27)40-22-15-12-19-6-2-3-7-20(19)17-22/h2-15,17H,16H2,1H3,(H,36,37)(H3,30,31,32,33,34,35,38). The van der Waals surface area contributed by atoms with Crippen LogP contribution >= 0.6 is 0 Å². The summed E-state index contributed by atoms with van der Waals surface area (Å²) in [4.78, 5) is 36.7. The summed E-state index contributed by atoms with van der Waals surface area (Å²) in [5.74, 6) is 0.101. The van der Waals surface area contributed by atoms with E-state index in [-0.39, 0.29) is 24.3 Å². The Labute approximate surface area is 228 Å². The average molecular weight is 537 g/mol. The number of fused-ring (bicyclic) bond motifs is 1. The van der Waals surface area contributed by atoms with E-state index in [2.05, 4.69) is 30.9 Å². The molecule has 1 heterocycles. The number of nitrogens with one attached hydrogen (secondary N) is 3. The fourth-order valence-corrected chi connectivity index (χ4v) is 3.86. The molecule has 4 N–H and O–H groups in total. The maximum atomic E-state index is 12.8. The SMILES string of the molecule is COc1ccccc1NC(=O)Nc1nc(Nc2ccc(CC(=O)O)cc2)nc(Oc2ccc3ccccc3c2)n1. The molecule has 0 fully saturated rings. The van der Waals surface area contributed by atoms with Crippen molar-refractivity contribution in [1.29, 1.82) is 0 Å². The number of aliphatic carboxylic acids is 1. The zero-order valence-corrected chi connectivity index (χ0v) is 21.3. The van der Waals surface area contributed by atoms with E-state index in [1.165, 1.54) is 7.11 Å². The first kappa shape index (κ1) is 25.9. The number of amides is 2. The lowest BCUT2D eigenvalue weighted by molar-refractivity contribution is -0.136. The third-order valence-corrected chi connectivity index (χ3v) is 5.69. The number of carboxylic acids is 1. The first-order valence-electron chi connectivity index (χ1n) is 12.2. The van der Waals surface area contributed by atoms with Crippen molar-refractivity contribution in [3.63, 3.8) is 0 Å². The molecule has 0 spiro atoms. The molecular weight excluding hydrogens is 512 g/mol. The molecule has 0 saturated carbocycles. The van der Waals surface area contributed by atoms with E-state index in [4.69, 9.17) is 14.6 Å². The van der Waals surface area contributed by atoms with Crippen LogP contribution in [0.4, 0.5) is 28.1 Å². The molecule has 0 atom stereocenters. The van der Waals surface area contributed by atoms with Crippen molar-refractivity contribution in [3.8, 4) is 17.5 Å². The Kier molecular flexibility index (Phi) is 7.63. The summed E-state index contributed by atoms with van der Waals surface area (Å²) in [5, 5.41) is 19.4. The number of nitrogens with zero attached hydrogens (tertiary/aromatic N) is 3. The van der Waals surface area contributed by atoms with E-state index in [1.54, 1.807) is 54.6 Å². The number of aromatic nitrogens is 3. The molecular formula is C29H24N6O5. The molecule has 0 saturated heterocycles. The van der Waals surface area contributed by atoms with Crippen LogP contribution in [0.1, 0.15) is 5.56 Å². The summed E-state index contributed by atoms with van der Waals surface area (Å²) >= 11 is 0. The van der Waals surface area contributed by atoms with Crippen molar-refractivity contribution in [2.75, 3.05) is 23.1 Å². The zero-order valence-electron chi connectivity index (χ0n) is 21.3. The van der Waals surface area contributed by atoms with Gasteiger partial charge in [0.05, 0.1) is 19.2 Å². The lowest BCUT2D eigenvalue weighted by Crippen LogP contribution is -2.21. The topological polar surface area (TPSA) is 148 Å². The van der Waals surface area contributed by atoms with Gasteiger partial charge >= 0.3 is 18.0 Å². The van der Waals surface area contributed by atoms with Crippen LogP contribution in [0.15, 0.2) is 91.0 Å². The minimum atomic E-state index is -0.921. The Balaban J connectivity index is 1.41. The molecule has 5 rings (SSSR count). The number of methoxy groups -OCH3 is 1. The number of para-hydroxylation sites is 2. The molecule has 5 aromatic rings. The van der Waals surface area contributed by atoms with Crippen LogP contribution in [0.3, 0.4) is 0 Å². The molecule has 0 aliphatic rings. The van der Waals surface area contributed by atoms with Gasteiger partial charge in [0.25, 0.3) is 0 Å². The van der Waals surface area contributed by atoms with E-state index in [9.17, 15) is 9.59 Å². The molecule has 11 heteroatoms. The van der Waals surface area contributed by atoms with Crippen molar-refractivity contribution >= 4 is 46.0 Å². The fourth-order valence-electron chi connectivity index (χ4n) is 3.86. The molecule has 0 aliphatic carbocycles. The lowest BCUT2D eigenvalue weighted by Gasteiger charge is -2.12. The molecule has 200 valence electrons. The molecule has 0 bridgehead atoms. The molecule has 0 radical (unpaired) electrons. The lowest BCUT2D eigenvalue weighted by atomic mass is 10.1. The van der Waals surface area contributed by atoms with Gasteiger partial charge in [0.15, 0.2) is 0 Å². The maximum Gasteiger partial charge on any atom is 0.328 e. The number of rotatable bonds is 9. The summed E-state index contributed by atoms with van der Waals surface area (Å²) in [6.45, 7) is 0. The Morgan fingerprint density at radius 2 is 1.52 bits per heavy atom. The van der Waals surface area contributed by atoms with Crippen molar-refractivity contribution in [2.45, 2.75) is 6.42 Å². The van der Waals surface area contributed by atoms with Gasteiger partial charge in [0.2, 0.25) is 11.9 Å². The molecule has 0 unspecified atom stereocenters. The molecule has 40 heavy (non-hydrogen) atoms. The number of carbonyl (C=O) groups excluding carboxylic acids is 1. The Morgan fingerprint density at radius 1 is 0.800 bits per heavy atom. The number of hydrogen-bond acceptors (Lipinski definition) is 8. The number of urea groups is 1. The van der Waals surface area contributed by atoms with Gasteiger partial charge in [-0.15, -0.1) is 0 Å². The summed E-state index contributed by atoms with van der Waals surface area (Å²) < 4.78 is 11.2. The van der Waals surface area contributed by atoms with Crippen LogP contribution in [0.2, 0.25) is 0 Å². The van der Waals surface area contributed by atoms with Crippen LogP contribution in [-0.2, 0) is 11.2 Å². The van der Waals surface area contributed by atoms with Crippen molar-refractivity contribution in [3.05, 3.63) is 96.6 Å². The first-order chi connectivity index (χ1) is 19.4. The zero-order chi connectivity index (χ0) is 27.9. The van der Waals surface area contributed by atoms with Crippen LogP contribution in [0, 0.1) is 0 Å². The smallest absolute Gasteiger partial charge is 0.328 e. The van der Waals surface area contributed by atoms with E-state index in [0.717, 1.165) is 10.8 Å². The quantitative estimate of drug-likeness (QED) is 0.182. The van der Waals surface area contributed by atoms with E-state index < -0.39 is 12.0 Å². The highest BCUT2D eigenvalue weighted by Gasteiger charge is 2.14. The number of ether oxygens (including phenoxy) is 2. The van der Waals surface area contributed by atoms with E-state index in [1.807, 2.05) is 36.4 Å². The summed E-state index contributed by atoms with van der Waals surface area (Å²) in [5.41, 5.74) is 1.70. The molecule has 11 nitrogen and oxygen atoms in total. The van der Waals surface area contributed by atoms with Gasteiger partial charge < -0.3 is 25.2 Å². The van der Waals surface area contributed by atoms with Crippen LogP contribution in [0.5, 0.6) is 17.5 Å². The highest BCUT2D eigenvalue weighted by atomic mass is 16.5. The van der Waals surface area contributed by atoms with Gasteiger partial charge in [-0.25, -0.2) is 4.79 Å². The van der Waals surface area contributed by atoms with Crippen molar-refractivity contribution in [1.82, 2.24) is 15.0 Å². The summed E-state index contributed by atoms with van der Waals surface area (Å²) in [6, 6.07) is 26.5. The maximum absolute atomic E-state index is 12.8. The predicted molar refractivity (Wildman–Crippen MR) is 151 cm³/mol. The second-order valence-electron chi connectivity index (χ2n) is 8.55. The molecule has 0 aliphatic heterocycles. The number of hydrogen-bond donors (Lipinski definition) is 4. The van der Waals surface area contributed by atoms with Crippen LogP contribution in [0.25, 0.3) is 10.8 Å². The van der Waals surface area contributed by atoms with Gasteiger partial charge in [0.1, 0.15) is 11.5 Å². The summed E-state index contributed by atoms with van der Waals surface area (Å²) in [6.07, 6.45) is -0.0921. The highest BCUT2D eigenvalue weighted by molar-refractivity contribution is 5.99. The highest BCUT2D eigenvalue weighted by Crippen LogP contribution is 2.26. The van der Waals surface area contributed by atoms with Crippen LogP contribution < -0.4 is 25.4 Å². The third-order valence-electron chi connectivity index (χ3n) is 5.69. The Morgan fingerprint density at radius 3 is 2.30 bits per heavy atom. The molecule has 2 amide bonds. The third kappa shape index (κ3) is 6.58. The fraction of sp³-hybridized carbons (Fsp3) is 0.0690. The second-order valence-corrected chi connectivity index (χ2v) is 8.55. The summed E-state index contributed by atoms with van der Waals surface area (Å²) in [7, 11) is 1.51. The number of anilines is 4. The average Bonchev–Trinajstić information content (AvgIpc) is 2.94. The Hall–Kier alpha value is -5.71. The predicted octanol–water partition coefficient (Wildman–Crippen LogP) is 5.84. The number of carbonyl (C=O) groups is 2.